The Morgan fingerprint density at radius 2 is 2.03 bits per heavy atom. The van der Waals surface area contributed by atoms with E-state index in [1.54, 1.807) is 19.1 Å². The maximum Gasteiger partial charge on any atom is 0.224 e. The minimum Gasteiger partial charge on any atom is -0.356 e. The van der Waals surface area contributed by atoms with Gasteiger partial charge in [-0.2, -0.15) is 0 Å². The highest BCUT2D eigenvalue weighted by Crippen LogP contribution is 2.58. The number of carbonyl (C=O) groups is 3. The number of ether oxygens (including phenoxy) is 2. The number of hydrogen-bond acceptors (Lipinski definition) is 5. The molecule has 1 aromatic rings. The summed E-state index contributed by atoms with van der Waals surface area (Å²) in [6.45, 7) is 2.20. The van der Waals surface area contributed by atoms with Crippen LogP contribution in [0.25, 0.3) is 0 Å². The first-order chi connectivity index (χ1) is 14.0. The lowest BCUT2D eigenvalue weighted by Gasteiger charge is -2.48. The number of piperidine rings is 1. The molecule has 0 aliphatic carbocycles. The van der Waals surface area contributed by atoms with Gasteiger partial charge in [0.2, 0.25) is 11.8 Å². The molecule has 0 aromatic heterocycles. The molecule has 2 fully saturated rings. The van der Waals surface area contributed by atoms with Gasteiger partial charge < -0.3 is 24.1 Å². The van der Waals surface area contributed by atoms with Gasteiger partial charge in [-0.25, -0.2) is 0 Å². The van der Waals surface area contributed by atoms with Crippen molar-refractivity contribution >= 4 is 23.8 Å². The van der Waals surface area contributed by atoms with Crippen molar-refractivity contribution in [3.63, 3.8) is 0 Å². The Hall–Kier alpha value is -2.25. The molecule has 0 radical (unpaired) electrons. The van der Waals surface area contributed by atoms with Crippen LogP contribution in [-0.4, -0.2) is 62.1 Å². The van der Waals surface area contributed by atoms with E-state index < -0.39 is 17.7 Å². The van der Waals surface area contributed by atoms with Crippen LogP contribution in [-0.2, 0) is 29.3 Å². The van der Waals surface area contributed by atoms with E-state index >= 15 is 0 Å². The Balaban J connectivity index is 1.94. The number of para-hydroxylation sites is 1. The van der Waals surface area contributed by atoms with E-state index in [1.807, 2.05) is 29.2 Å². The summed E-state index contributed by atoms with van der Waals surface area (Å²) in [5.74, 6) is -0.0875. The third-order valence-corrected chi connectivity index (χ3v) is 7.01. The fourth-order valence-electron chi connectivity index (χ4n) is 6.17. The van der Waals surface area contributed by atoms with E-state index in [1.165, 1.54) is 6.92 Å². The average Bonchev–Trinajstić information content (AvgIpc) is 3.17. The Bertz CT molecular complexity index is 823. The van der Waals surface area contributed by atoms with E-state index in [0.717, 1.165) is 30.4 Å². The quantitative estimate of drug-likeness (QED) is 0.557. The summed E-state index contributed by atoms with van der Waals surface area (Å²) in [5.41, 5.74) is 1.12. The molecule has 4 rings (SSSR count). The maximum absolute atomic E-state index is 13.2. The van der Waals surface area contributed by atoms with Crippen LogP contribution < -0.4 is 4.90 Å². The molecular weight excluding hydrogens is 372 g/mol. The number of rotatable bonds is 5. The number of benzene rings is 1. The number of aldehydes is 1. The predicted octanol–water partition coefficient (Wildman–Crippen LogP) is 1.88. The van der Waals surface area contributed by atoms with Crippen molar-refractivity contribution < 1.29 is 23.9 Å². The summed E-state index contributed by atoms with van der Waals surface area (Å²) < 4.78 is 11.3. The lowest BCUT2D eigenvalue weighted by atomic mass is 9.64. The number of carbonyl (C=O) groups excluding carboxylic acids is 3. The van der Waals surface area contributed by atoms with E-state index in [9.17, 15) is 14.4 Å². The number of anilines is 1. The normalized spacial score (nSPS) is 30.8. The molecule has 7 heteroatoms. The van der Waals surface area contributed by atoms with Crippen LogP contribution in [0.15, 0.2) is 24.3 Å². The zero-order chi connectivity index (χ0) is 20.8. The highest BCUT2D eigenvalue weighted by atomic mass is 16.7. The second-order valence-electron chi connectivity index (χ2n) is 8.22. The zero-order valence-corrected chi connectivity index (χ0v) is 17.2. The fourth-order valence-corrected chi connectivity index (χ4v) is 6.17. The van der Waals surface area contributed by atoms with Crippen molar-refractivity contribution in [3.05, 3.63) is 29.8 Å². The molecule has 0 N–H and O–H groups in total. The lowest BCUT2D eigenvalue weighted by Crippen LogP contribution is -2.60. The number of methoxy groups -OCH3 is 2. The van der Waals surface area contributed by atoms with Crippen LogP contribution in [0.3, 0.4) is 0 Å². The third kappa shape index (κ3) is 2.74. The highest BCUT2D eigenvalue weighted by Gasteiger charge is 2.66. The predicted molar refractivity (Wildman–Crippen MR) is 106 cm³/mol. The summed E-state index contributed by atoms with van der Waals surface area (Å²) in [4.78, 5) is 41.2. The van der Waals surface area contributed by atoms with Crippen molar-refractivity contribution in [1.29, 1.82) is 0 Å². The molecule has 4 atom stereocenters. The number of hydrogen-bond donors (Lipinski definition) is 0. The summed E-state index contributed by atoms with van der Waals surface area (Å²) in [7, 11) is 3.23. The molecule has 2 saturated heterocycles. The standard InChI is InChI=1S/C22H28N2O5/c1-14(26)24-17-9-5-4-8-16(17)22(18(24)10-12-25)13-19(27)23-11-6-7-15(20(22)23)21(28-2)29-3/h4-5,8-9,12,15,18,20-21H,6-7,10-11,13H2,1-3H3/t15-,18+,20+,22+/m0/s1. The van der Waals surface area contributed by atoms with Gasteiger partial charge in [-0.3, -0.25) is 9.59 Å². The van der Waals surface area contributed by atoms with Gasteiger partial charge in [-0.1, -0.05) is 18.2 Å². The Labute approximate surface area is 170 Å². The molecule has 3 aliphatic heterocycles. The molecule has 3 heterocycles. The Morgan fingerprint density at radius 1 is 1.31 bits per heavy atom. The molecule has 1 aromatic carbocycles. The maximum atomic E-state index is 13.2. The SMILES string of the molecule is COC(OC)[C@H]1CCCN2C(=O)C[C@]3(c4ccccc4N(C(C)=O)[C@@H]3CC=O)[C@@H]12. The number of amides is 2. The molecule has 29 heavy (non-hydrogen) atoms. The first-order valence-electron chi connectivity index (χ1n) is 10.2. The number of nitrogens with zero attached hydrogens (tertiary/aromatic N) is 2. The lowest BCUT2D eigenvalue weighted by molar-refractivity contribution is -0.167. The summed E-state index contributed by atoms with van der Waals surface area (Å²) in [6.07, 6.45) is 2.61. The van der Waals surface area contributed by atoms with E-state index in [4.69, 9.17) is 9.47 Å². The van der Waals surface area contributed by atoms with Crippen molar-refractivity contribution in [2.24, 2.45) is 5.92 Å². The first-order valence-corrected chi connectivity index (χ1v) is 10.2. The topological polar surface area (TPSA) is 76.2 Å². The second-order valence-corrected chi connectivity index (χ2v) is 8.22. The number of fused-ring (bicyclic) bond motifs is 4. The molecule has 156 valence electrons. The highest BCUT2D eigenvalue weighted by molar-refractivity contribution is 5.98. The van der Waals surface area contributed by atoms with Crippen LogP contribution >= 0.6 is 0 Å². The van der Waals surface area contributed by atoms with Gasteiger partial charge in [-0.05, 0) is 24.5 Å². The van der Waals surface area contributed by atoms with Gasteiger partial charge in [-0.15, -0.1) is 0 Å². The van der Waals surface area contributed by atoms with Gasteiger partial charge in [0.15, 0.2) is 6.29 Å². The minimum atomic E-state index is -0.652. The van der Waals surface area contributed by atoms with Crippen molar-refractivity contribution in [2.45, 2.75) is 56.4 Å². The van der Waals surface area contributed by atoms with Crippen LogP contribution in [0.1, 0.15) is 38.2 Å². The Morgan fingerprint density at radius 3 is 2.69 bits per heavy atom. The molecule has 0 unspecified atom stereocenters. The summed E-state index contributed by atoms with van der Waals surface area (Å²) >= 11 is 0. The largest absolute Gasteiger partial charge is 0.356 e. The van der Waals surface area contributed by atoms with Gasteiger partial charge in [0.1, 0.15) is 6.29 Å². The van der Waals surface area contributed by atoms with Gasteiger partial charge in [0.05, 0.1) is 12.1 Å². The smallest absolute Gasteiger partial charge is 0.224 e. The average molecular weight is 400 g/mol. The molecule has 1 spiro atoms. The Kier molecular flexibility index (Phi) is 5.21. The van der Waals surface area contributed by atoms with Gasteiger partial charge >= 0.3 is 0 Å². The molecule has 2 amide bonds. The minimum absolute atomic E-state index is 0.0423. The van der Waals surface area contributed by atoms with Crippen LogP contribution in [0.2, 0.25) is 0 Å². The molecular formula is C22H28N2O5. The van der Waals surface area contributed by atoms with E-state index in [-0.39, 0.29) is 36.6 Å². The van der Waals surface area contributed by atoms with Crippen molar-refractivity contribution in [2.75, 3.05) is 25.7 Å². The van der Waals surface area contributed by atoms with Crippen LogP contribution in [0, 0.1) is 5.92 Å². The summed E-state index contributed by atoms with van der Waals surface area (Å²) in [6, 6.07) is 7.17. The van der Waals surface area contributed by atoms with Gasteiger partial charge in [0.25, 0.3) is 0 Å². The second kappa shape index (κ2) is 7.54. The fraction of sp³-hybridized carbons (Fsp3) is 0.591. The molecule has 0 saturated carbocycles. The van der Waals surface area contributed by atoms with E-state index in [0.29, 0.717) is 6.54 Å². The van der Waals surface area contributed by atoms with Crippen molar-refractivity contribution in [3.8, 4) is 0 Å². The zero-order valence-electron chi connectivity index (χ0n) is 17.2. The molecule has 7 nitrogen and oxygen atoms in total. The molecule has 3 aliphatic rings. The monoisotopic (exact) mass is 400 g/mol. The molecule has 0 bridgehead atoms. The van der Waals surface area contributed by atoms with Crippen LogP contribution in [0.4, 0.5) is 5.69 Å². The first kappa shape index (κ1) is 20.0. The summed E-state index contributed by atoms with van der Waals surface area (Å²) in [5, 5.41) is 0. The van der Waals surface area contributed by atoms with Crippen LogP contribution in [0.5, 0.6) is 0 Å². The van der Waals surface area contributed by atoms with E-state index in [2.05, 4.69) is 0 Å². The van der Waals surface area contributed by atoms with Gasteiger partial charge in [0, 0.05) is 57.6 Å². The third-order valence-electron chi connectivity index (χ3n) is 7.01. The van der Waals surface area contributed by atoms with Crippen molar-refractivity contribution in [1.82, 2.24) is 4.90 Å².